The molecule has 0 aromatic heterocycles. The van der Waals surface area contributed by atoms with E-state index in [1.807, 2.05) is 18.2 Å². The fraction of sp³-hybridized carbons (Fsp3) is 0.471. The fourth-order valence-electron chi connectivity index (χ4n) is 1.76. The Kier molecular flexibility index (Phi) is 7.69. The second-order valence-electron chi connectivity index (χ2n) is 5.50. The highest BCUT2D eigenvalue weighted by Crippen LogP contribution is 2.06. The van der Waals surface area contributed by atoms with E-state index in [0.717, 1.165) is 12.0 Å². The quantitative estimate of drug-likeness (QED) is 0.747. The predicted octanol–water partition coefficient (Wildman–Crippen LogP) is 2.20. The van der Waals surface area contributed by atoms with Gasteiger partial charge in [-0.25, -0.2) is 0 Å². The molecule has 118 valence electrons. The van der Waals surface area contributed by atoms with Crippen LogP contribution >= 0.6 is 0 Å². The average Bonchev–Trinajstić information content (AvgIpc) is 2.51. The number of hydrogen-bond acceptors (Lipinski definition) is 4. The van der Waals surface area contributed by atoms with Crippen molar-refractivity contribution in [3.8, 4) is 6.07 Å². The number of carbonyl (C=O) groups is 2. The molecule has 1 N–H and O–H groups in total. The van der Waals surface area contributed by atoms with Gasteiger partial charge in [0, 0.05) is 13.0 Å². The molecule has 5 heteroatoms. The molecule has 0 unspecified atom stereocenters. The van der Waals surface area contributed by atoms with Crippen LogP contribution in [0.25, 0.3) is 0 Å². The molecular formula is C17H22N2O3. The van der Waals surface area contributed by atoms with Crippen molar-refractivity contribution in [2.45, 2.75) is 33.1 Å². The lowest BCUT2D eigenvalue weighted by atomic mass is 10.1. The van der Waals surface area contributed by atoms with Crippen LogP contribution in [0, 0.1) is 17.2 Å². The first kappa shape index (κ1) is 17.7. The SMILES string of the molecule is CC(C)CCNC(=O)COC(=O)CCc1ccc(C#N)cc1. The van der Waals surface area contributed by atoms with E-state index in [0.29, 0.717) is 24.4 Å². The van der Waals surface area contributed by atoms with Gasteiger partial charge in [0.2, 0.25) is 0 Å². The van der Waals surface area contributed by atoms with E-state index in [4.69, 9.17) is 10.00 Å². The lowest BCUT2D eigenvalue weighted by Gasteiger charge is -2.08. The second kappa shape index (κ2) is 9.56. The van der Waals surface area contributed by atoms with E-state index in [2.05, 4.69) is 19.2 Å². The standard InChI is InChI=1S/C17H22N2O3/c1-13(2)9-10-19-16(20)12-22-17(21)8-7-14-3-5-15(11-18)6-4-14/h3-6,13H,7-10,12H2,1-2H3,(H,19,20). The summed E-state index contributed by atoms with van der Waals surface area (Å²) in [4.78, 5) is 23.0. The maximum absolute atomic E-state index is 11.6. The molecule has 1 rings (SSSR count). The molecule has 5 nitrogen and oxygen atoms in total. The third kappa shape index (κ3) is 7.44. The zero-order valence-electron chi connectivity index (χ0n) is 13.1. The van der Waals surface area contributed by atoms with Gasteiger partial charge in [-0.2, -0.15) is 5.26 Å². The number of amides is 1. The Hall–Kier alpha value is -2.35. The number of esters is 1. The van der Waals surface area contributed by atoms with Crippen LogP contribution in [0.1, 0.15) is 37.8 Å². The van der Waals surface area contributed by atoms with Crippen molar-refractivity contribution in [2.24, 2.45) is 5.92 Å². The molecule has 0 heterocycles. The van der Waals surface area contributed by atoms with Crippen LogP contribution < -0.4 is 5.32 Å². The lowest BCUT2D eigenvalue weighted by Crippen LogP contribution is -2.30. The minimum absolute atomic E-state index is 0.213. The monoisotopic (exact) mass is 302 g/mol. The van der Waals surface area contributed by atoms with E-state index < -0.39 is 5.97 Å². The van der Waals surface area contributed by atoms with Gasteiger partial charge in [0.15, 0.2) is 6.61 Å². The summed E-state index contributed by atoms with van der Waals surface area (Å²) < 4.78 is 4.92. The average molecular weight is 302 g/mol. The summed E-state index contributed by atoms with van der Waals surface area (Å²) in [5.41, 5.74) is 1.54. The number of aryl methyl sites for hydroxylation is 1. The first-order valence-electron chi connectivity index (χ1n) is 7.42. The van der Waals surface area contributed by atoms with E-state index in [1.54, 1.807) is 12.1 Å². The van der Waals surface area contributed by atoms with Gasteiger partial charge in [-0.05, 0) is 36.5 Å². The topological polar surface area (TPSA) is 79.2 Å². The molecule has 0 atom stereocenters. The fourth-order valence-corrected chi connectivity index (χ4v) is 1.76. The second-order valence-corrected chi connectivity index (χ2v) is 5.50. The molecule has 22 heavy (non-hydrogen) atoms. The van der Waals surface area contributed by atoms with Crippen molar-refractivity contribution in [2.75, 3.05) is 13.2 Å². The van der Waals surface area contributed by atoms with Gasteiger partial charge in [-0.3, -0.25) is 9.59 Å². The van der Waals surface area contributed by atoms with Crippen molar-refractivity contribution in [1.82, 2.24) is 5.32 Å². The number of ether oxygens (including phenoxy) is 1. The van der Waals surface area contributed by atoms with E-state index in [-0.39, 0.29) is 18.9 Å². The third-order valence-corrected chi connectivity index (χ3v) is 3.11. The maximum Gasteiger partial charge on any atom is 0.306 e. The van der Waals surface area contributed by atoms with Gasteiger partial charge in [0.1, 0.15) is 0 Å². The molecule has 1 aromatic rings. The molecule has 0 aliphatic heterocycles. The van der Waals surface area contributed by atoms with Gasteiger partial charge >= 0.3 is 5.97 Å². The summed E-state index contributed by atoms with van der Waals surface area (Å²) in [6.07, 6.45) is 1.64. The Balaban J connectivity index is 2.20. The summed E-state index contributed by atoms with van der Waals surface area (Å²) in [6.45, 7) is 4.52. The van der Waals surface area contributed by atoms with Crippen LogP contribution in [-0.2, 0) is 20.7 Å². The third-order valence-electron chi connectivity index (χ3n) is 3.11. The summed E-state index contributed by atoms with van der Waals surface area (Å²) >= 11 is 0. The molecule has 0 saturated carbocycles. The molecule has 1 aromatic carbocycles. The molecular weight excluding hydrogens is 280 g/mol. The van der Waals surface area contributed by atoms with Gasteiger partial charge in [0.05, 0.1) is 11.6 Å². The van der Waals surface area contributed by atoms with Crippen LogP contribution in [0.5, 0.6) is 0 Å². The lowest BCUT2D eigenvalue weighted by molar-refractivity contribution is -0.148. The Morgan fingerprint density at radius 1 is 1.27 bits per heavy atom. The van der Waals surface area contributed by atoms with Gasteiger partial charge in [0.25, 0.3) is 5.91 Å². The number of rotatable bonds is 8. The van der Waals surface area contributed by atoms with Crippen molar-refractivity contribution in [3.63, 3.8) is 0 Å². The summed E-state index contributed by atoms with van der Waals surface area (Å²) in [5.74, 6) is -0.147. The van der Waals surface area contributed by atoms with Crippen LogP contribution in [0.3, 0.4) is 0 Å². The van der Waals surface area contributed by atoms with E-state index >= 15 is 0 Å². The molecule has 0 aliphatic rings. The number of benzene rings is 1. The first-order valence-corrected chi connectivity index (χ1v) is 7.42. The molecule has 0 fully saturated rings. The highest BCUT2D eigenvalue weighted by Gasteiger charge is 2.08. The number of nitrogens with zero attached hydrogens (tertiary/aromatic N) is 1. The minimum Gasteiger partial charge on any atom is -0.456 e. The molecule has 1 amide bonds. The van der Waals surface area contributed by atoms with Crippen molar-refractivity contribution < 1.29 is 14.3 Å². The Bertz CT molecular complexity index is 530. The number of carbonyl (C=O) groups excluding carboxylic acids is 2. The summed E-state index contributed by atoms with van der Waals surface area (Å²) in [5, 5.41) is 11.4. The smallest absolute Gasteiger partial charge is 0.306 e. The van der Waals surface area contributed by atoms with Gasteiger partial charge in [-0.15, -0.1) is 0 Å². The van der Waals surface area contributed by atoms with Gasteiger partial charge in [-0.1, -0.05) is 26.0 Å². The number of nitrogens with one attached hydrogen (secondary N) is 1. The Morgan fingerprint density at radius 2 is 1.95 bits per heavy atom. The highest BCUT2D eigenvalue weighted by atomic mass is 16.5. The zero-order chi connectivity index (χ0) is 16.4. The van der Waals surface area contributed by atoms with Crippen LogP contribution in [-0.4, -0.2) is 25.0 Å². The maximum atomic E-state index is 11.6. The highest BCUT2D eigenvalue weighted by molar-refractivity contribution is 5.80. The van der Waals surface area contributed by atoms with Crippen LogP contribution in [0.4, 0.5) is 0 Å². The zero-order valence-corrected chi connectivity index (χ0v) is 13.1. The Labute approximate surface area is 131 Å². The molecule has 0 bridgehead atoms. The van der Waals surface area contributed by atoms with Crippen molar-refractivity contribution >= 4 is 11.9 Å². The predicted molar refractivity (Wildman–Crippen MR) is 82.9 cm³/mol. The molecule has 0 radical (unpaired) electrons. The number of hydrogen-bond donors (Lipinski definition) is 1. The summed E-state index contributed by atoms with van der Waals surface area (Å²) in [7, 11) is 0. The van der Waals surface area contributed by atoms with Crippen LogP contribution in [0.2, 0.25) is 0 Å². The molecule has 0 spiro atoms. The summed E-state index contributed by atoms with van der Waals surface area (Å²) in [6, 6.07) is 9.08. The van der Waals surface area contributed by atoms with E-state index in [9.17, 15) is 9.59 Å². The van der Waals surface area contributed by atoms with Crippen molar-refractivity contribution in [1.29, 1.82) is 5.26 Å². The number of nitriles is 1. The van der Waals surface area contributed by atoms with E-state index in [1.165, 1.54) is 0 Å². The normalized spacial score (nSPS) is 10.1. The Morgan fingerprint density at radius 3 is 2.55 bits per heavy atom. The first-order chi connectivity index (χ1) is 10.5. The largest absolute Gasteiger partial charge is 0.456 e. The van der Waals surface area contributed by atoms with Gasteiger partial charge < -0.3 is 10.1 Å². The molecule has 0 aliphatic carbocycles. The van der Waals surface area contributed by atoms with Crippen LogP contribution in [0.15, 0.2) is 24.3 Å². The molecule has 0 saturated heterocycles. The van der Waals surface area contributed by atoms with Crippen molar-refractivity contribution in [3.05, 3.63) is 35.4 Å². The minimum atomic E-state index is -0.400.